The van der Waals surface area contributed by atoms with E-state index in [1.54, 1.807) is 36.4 Å². The molecule has 2 aromatic rings. The van der Waals surface area contributed by atoms with Crippen molar-refractivity contribution >= 4 is 10.8 Å². The number of fused-ring (bicyclic) bond motifs is 1. The first kappa shape index (κ1) is 13.7. The van der Waals surface area contributed by atoms with E-state index < -0.39 is 12.2 Å². The Kier molecular flexibility index (Phi) is 3.66. The summed E-state index contributed by atoms with van der Waals surface area (Å²) in [6.07, 6.45) is -4.38. The second-order valence-corrected chi connectivity index (χ2v) is 4.17. The number of benzene rings is 2. The molecule has 2 aromatic carbocycles. The normalized spacial score (nSPS) is 13.5. The minimum absolute atomic E-state index is 0.121. The number of hydrogen-bond acceptors (Lipinski definition) is 2. The van der Waals surface area contributed by atoms with E-state index in [4.69, 9.17) is 4.74 Å². The first-order chi connectivity index (χ1) is 8.99. The van der Waals surface area contributed by atoms with E-state index in [-0.39, 0.29) is 11.3 Å². The molecular formula is C14H14F3NO. The minimum Gasteiger partial charge on any atom is -0.496 e. The molecule has 0 amide bonds. The zero-order chi connectivity index (χ0) is 14.0. The third-order valence-corrected chi connectivity index (χ3v) is 3.06. The maximum Gasteiger partial charge on any atom is 0.408 e. The number of hydrogen-bond donors (Lipinski definition) is 1. The van der Waals surface area contributed by atoms with Gasteiger partial charge < -0.3 is 10.1 Å². The molecule has 5 heteroatoms. The number of nitrogens with one attached hydrogen (secondary N) is 1. The van der Waals surface area contributed by atoms with Crippen molar-refractivity contribution in [1.82, 2.24) is 5.32 Å². The Morgan fingerprint density at radius 3 is 2.37 bits per heavy atom. The van der Waals surface area contributed by atoms with Gasteiger partial charge in [-0.2, -0.15) is 13.2 Å². The van der Waals surface area contributed by atoms with Crippen molar-refractivity contribution in [3.05, 3.63) is 42.0 Å². The Hall–Kier alpha value is -1.75. The van der Waals surface area contributed by atoms with Gasteiger partial charge in [-0.05, 0) is 23.9 Å². The van der Waals surface area contributed by atoms with Crippen LogP contribution in [0.3, 0.4) is 0 Å². The standard InChI is InChI=1S/C14H14F3NO/c1-18-13(14(15,16)17)12-10-6-4-3-5-9(10)7-8-11(12)19-2/h3-8,13,18H,1-2H3. The molecule has 2 nitrogen and oxygen atoms in total. The molecule has 0 saturated carbocycles. The second-order valence-electron chi connectivity index (χ2n) is 4.17. The SMILES string of the molecule is CNC(c1c(OC)ccc2ccccc12)C(F)(F)F. The second kappa shape index (κ2) is 5.09. The molecule has 2 rings (SSSR count). The van der Waals surface area contributed by atoms with Crippen LogP contribution in [0.5, 0.6) is 5.75 Å². The number of alkyl halides is 3. The minimum atomic E-state index is -4.38. The zero-order valence-corrected chi connectivity index (χ0v) is 10.6. The molecule has 0 radical (unpaired) electrons. The van der Waals surface area contributed by atoms with Crippen molar-refractivity contribution in [1.29, 1.82) is 0 Å². The average Bonchev–Trinajstić information content (AvgIpc) is 2.38. The van der Waals surface area contributed by atoms with Gasteiger partial charge in [-0.25, -0.2) is 0 Å². The molecule has 0 aliphatic heterocycles. The molecule has 0 heterocycles. The highest BCUT2D eigenvalue weighted by Crippen LogP contribution is 2.40. The monoisotopic (exact) mass is 269 g/mol. The Morgan fingerprint density at radius 1 is 1.11 bits per heavy atom. The van der Waals surface area contributed by atoms with Crippen molar-refractivity contribution < 1.29 is 17.9 Å². The Bertz CT molecular complexity index is 580. The Morgan fingerprint density at radius 2 is 1.79 bits per heavy atom. The molecule has 1 atom stereocenters. The highest BCUT2D eigenvalue weighted by atomic mass is 19.4. The molecule has 0 bridgehead atoms. The fourth-order valence-electron chi connectivity index (χ4n) is 2.22. The van der Waals surface area contributed by atoms with Crippen LogP contribution in [-0.2, 0) is 0 Å². The maximum absolute atomic E-state index is 13.1. The largest absolute Gasteiger partial charge is 0.496 e. The van der Waals surface area contributed by atoms with Crippen LogP contribution in [0.1, 0.15) is 11.6 Å². The van der Waals surface area contributed by atoms with Crippen molar-refractivity contribution in [2.24, 2.45) is 0 Å². The van der Waals surface area contributed by atoms with Gasteiger partial charge in [0, 0.05) is 5.56 Å². The van der Waals surface area contributed by atoms with Crippen molar-refractivity contribution in [3.8, 4) is 5.75 Å². The summed E-state index contributed by atoms with van der Waals surface area (Å²) < 4.78 is 44.5. The van der Waals surface area contributed by atoms with Gasteiger partial charge in [0.15, 0.2) is 0 Å². The Labute approximate surface area is 109 Å². The molecule has 102 valence electrons. The van der Waals surface area contributed by atoms with Gasteiger partial charge in [-0.3, -0.25) is 0 Å². The summed E-state index contributed by atoms with van der Waals surface area (Å²) >= 11 is 0. The Balaban J connectivity index is 2.74. The first-order valence-electron chi connectivity index (χ1n) is 5.78. The van der Waals surface area contributed by atoms with E-state index >= 15 is 0 Å². The molecule has 0 aliphatic carbocycles. The van der Waals surface area contributed by atoms with Crippen molar-refractivity contribution in [2.75, 3.05) is 14.2 Å². The molecule has 0 saturated heterocycles. The van der Waals surface area contributed by atoms with Gasteiger partial charge in [-0.15, -0.1) is 0 Å². The molecule has 19 heavy (non-hydrogen) atoms. The fraction of sp³-hybridized carbons (Fsp3) is 0.286. The number of rotatable bonds is 3. The predicted molar refractivity (Wildman–Crippen MR) is 68.4 cm³/mol. The number of halogens is 3. The van der Waals surface area contributed by atoms with Crippen LogP contribution in [0, 0.1) is 0 Å². The first-order valence-corrected chi connectivity index (χ1v) is 5.78. The van der Waals surface area contributed by atoms with E-state index in [1.165, 1.54) is 14.2 Å². The average molecular weight is 269 g/mol. The summed E-state index contributed by atoms with van der Waals surface area (Å²) in [6.45, 7) is 0. The van der Waals surface area contributed by atoms with Crippen LogP contribution in [0.2, 0.25) is 0 Å². The van der Waals surface area contributed by atoms with E-state index in [2.05, 4.69) is 5.32 Å². The molecule has 0 spiro atoms. The summed E-state index contributed by atoms with van der Waals surface area (Å²) in [6, 6.07) is 8.52. The topological polar surface area (TPSA) is 21.3 Å². The lowest BCUT2D eigenvalue weighted by molar-refractivity contribution is -0.156. The van der Waals surface area contributed by atoms with Crippen LogP contribution in [0.4, 0.5) is 13.2 Å². The van der Waals surface area contributed by atoms with Gasteiger partial charge in [0.2, 0.25) is 0 Å². The summed E-state index contributed by atoms with van der Waals surface area (Å²) in [4.78, 5) is 0. The summed E-state index contributed by atoms with van der Waals surface area (Å²) in [7, 11) is 2.66. The molecular weight excluding hydrogens is 255 g/mol. The molecule has 1 N–H and O–H groups in total. The summed E-state index contributed by atoms with van der Waals surface area (Å²) in [5.41, 5.74) is 0.121. The van der Waals surface area contributed by atoms with Crippen LogP contribution >= 0.6 is 0 Å². The fourth-order valence-corrected chi connectivity index (χ4v) is 2.22. The van der Waals surface area contributed by atoms with Crippen molar-refractivity contribution in [3.63, 3.8) is 0 Å². The van der Waals surface area contributed by atoms with Gasteiger partial charge in [0.1, 0.15) is 11.8 Å². The smallest absolute Gasteiger partial charge is 0.408 e. The molecule has 1 unspecified atom stereocenters. The molecule has 0 aliphatic rings. The van der Waals surface area contributed by atoms with Gasteiger partial charge in [-0.1, -0.05) is 30.3 Å². The highest BCUT2D eigenvalue weighted by molar-refractivity contribution is 5.88. The van der Waals surface area contributed by atoms with Crippen LogP contribution in [0.15, 0.2) is 36.4 Å². The highest BCUT2D eigenvalue weighted by Gasteiger charge is 2.42. The van der Waals surface area contributed by atoms with E-state index in [9.17, 15) is 13.2 Å². The maximum atomic E-state index is 13.1. The third-order valence-electron chi connectivity index (χ3n) is 3.06. The third kappa shape index (κ3) is 2.51. The zero-order valence-electron chi connectivity index (χ0n) is 10.6. The molecule has 0 aromatic heterocycles. The lowest BCUT2D eigenvalue weighted by Gasteiger charge is -2.23. The van der Waals surface area contributed by atoms with E-state index in [0.29, 0.717) is 5.39 Å². The van der Waals surface area contributed by atoms with Gasteiger partial charge in [0.25, 0.3) is 0 Å². The summed E-state index contributed by atoms with van der Waals surface area (Å²) in [5, 5.41) is 3.61. The van der Waals surface area contributed by atoms with Crippen LogP contribution < -0.4 is 10.1 Å². The van der Waals surface area contributed by atoms with Gasteiger partial charge in [0.05, 0.1) is 7.11 Å². The van der Waals surface area contributed by atoms with E-state index in [0.717, 1.165) is 5.39 Å². The summed E-state index contributed by atoms with van der Waals surface area (Å²) in [5.74, 6) is 0.232. The van der Waals surface area contributed by atoms with Crippen molar-refractivity contribution in [2.45, 2.75) is 12.2 Å². The lowest BCUT2D eigenvalue weighted by Crippen LogP contribution is -2.32. The van der Waals surface area contributed by atoms with Crippen LogP contribution in [-0.4, -0.2) is 20.3 Å². The number of ether oxygens (including phenoxy) is 1. The van der Waals surface area contributed by atoms with Gasteiger partial charge >= 0.3 is 6.18 Å². The number of methoxy groups -OCH3 is 1. The molecule has 0 fully saturated rings. The van der Waals surface area contributed by atoms with Crippen LogP contribution in [0.25, 0.3) is 10.8 Å². The quantitative estimate of drug-likeness (QED) is 0.918. The van der Waals surface area contributed by atoms with E-state index in [1.807, 2.05) is 0 Å². The lowest BCUT2D eigenvalue weighted by atomic mass is 9.97. The predicted octanol–water partition coefficient (Wildman–Crippen LogP) is 3.67.